The fraction of sp³-hybridized carbons (Fsp3) is 0.167. The molecule has 0 spiro atoms. The van der Waals surface area contributed by atoms with Gasteiger partial charge in [0.05, 0.1) is 5.69 Å². The van der Waals surface area contributed by atoms with Crippen LogP contribution in [0.4, 0.5) is 4.39 Å². The van der Waals surface area contributed by atoms with Gasteiger partial charge in [-0.05, 0) is 37.1 Å². The minimum absolute atomic E-state index is 0.207. The van der Waals surface area contributed by atoms with Crippen molar-refractivity contribution in [2.24, 2.45) is 0 Å². The van der Waals surface area contributed by atoms with Crippen LogP contribution in [-0.2, 0) is 12.8 Å². The summed E-state index contributed by atoms with van der Waals surface area (Å²) in [5.41, 5.74) is 3.04. The molecule has 1 aromatic heterocycles. The van der Waals surface area contributed by atoms with Gasteiger partial charge in [0.1, 0.15) is 5.82 Å². The number of aromatic amines is 1. The van der Waals surface area contributed by atoms with Crippen LogP contribution in [0.1, 0.15) is 17.0 Å². The van der Waals surface area contributed by atoms with Gasteiger partial charge in [0.25, 0.3) is 0 Å². The minimum atomic E-state index is -0.207. The van der Waals surface area contributed by atoms with Crippen molar-refractivity contribution in [2.75, 3.05) is 0 Å². The predicted octanol–water partition coefficient (Wildman–Crippen LogP) is 2.52. The predicted molar refractivity (Wildman–Crippen MR) is 56.9 cm³/mol. The molecule has 3 heteroatoms. The van der Waals surface area contributed by atoms with E-state index in [1.54, 1.807) is 12.1 Å². The van der Waals surface area contributed by atoms with Crippen LogP contribution in [0.3, 0.4) is 0 Å². The van der Waals surface area contributed by atoms with Crippen molar-refractivity contribution in [3.8, 4) is 0 Å². The molecule has 0 aliphatic carbocycles. The molecule has 0 fully saturated rings. The van der Waals surface area contributed by atoms with E-state index in [9.17, 15) is 4.39 Å². The Morgan fingerprint density at radius 3 is 2.60 bits per heavy atom. The van der Waals surface area contributed by atoms with Gasteiger partial charge in [-0.25, -0.2) is 4.39 Å². The highest BCUT2D eigenvalue weighted by atomic mass is 19.1. The van der Waals surface area contributed by atoms with Gasteiger partial charge in [-0.3, -0.25) is 5.10 Å². The lowest BCUT2D eigenvalue weighted by Crippen LogP contribution is -1.88. The first-order valence-electron chi connectivity index (χ1n) is 4.85. The largest absolute Gasteiger partial charge is 0.282 e. The second kappa shape index (κ2) is 4.26. The highest BCUT2D eigenvalue weighted by Crippen LogP contribution is 2.09. The molecule has 1 N–H and O–H groups in total. The van der Waals surface area contributed by atoms with Crippen LogP contribution in [0.2, 0.25) is 0 Å². The normalized spacial score (nSPS) is 10.5. The zero-order valence-electron chi connectivity index (χ0n) is 8.33. The van der Waals surface area contributed by atoms with Crippen LogP contribution in [0.15, 0.2) is 30.3 Å². The molecule has 2 rings (SSSR count). The molecule has 0 bridgehead atoms. The molecule has 15 heavy (non-hydrogen) atoms. The number of hydrogen-bond acceptors (Lipinski definition) is 1. The third-order valence-corrected chi connectivity index (χ3v) is 2.25. The summed E-state index contributed by atoms with van der Waals surface area (Å²) in [4.78, 5) is 0. The first kappa shape index (κ1) is 9.90. The van der Waals surface area contributed by atoms with Gasteiger partial charge in [-0.2, -0.15) is 5.10 Å². The molecule has 0 saturated heterocycles. The van der Waals surface area contributed by atoms with E-state index in [1.165, 1.54) is 12.1 Å². The zero-order chi connectivity index (χ0) is 10.7. The first-order chi connectivity index (χ1) is 7.28. The molecule has 0 atom stereocenters. The molecule has 0 aliphatic rings. The van der Waals surface area contributed by atoms with Gasteiger partial charge >= 0.3 is 0 Å². The first-order valence-corrected chi connectivity index (χ1v) is 4.85. The van der Waals surface area contributed by atoms with Gasteiger partial charge in [0.15, 0.2) is 0 Å². The molecular weight excluding hydrogens is 191 g/mol. The Morgan fingerprint density at radius 1 is 1.27 bits per heavy atom. The lowest BCUT2D eigenvalue weighted by atomic mass is 10.1. The lowest BCUT2D eigenvalue weighted by Gasteiger charge is -1.97. The Balaban J connectivity index is 2.11. The molecular formula is C12H12FN2. The van der Waals surface area contributed by atoms with Gasteiger partial charge in [0, 0.05) is 12.1 Å². The van der Waals surface area contributed by atoms with E-state index >= 15 is 0 Å². The topological polar surface area (TPSA) is 28.7 Å². The van der Waals surface area contributed by atoms with Crippen LogP contribution < -0.4 is 0 Å². The number of aromatic nitrogens is 2. The Bertz CT molecular complexity index is 431. The lowest BCUT2D eigenvalue weighted by molar-refractivity contribution is 0.627. The van der Waals surface area contributed by atoms with Crippen molar-refractivity contribution in [1.29, 1.82) is 0 Å². The smallest absolute Gasteiger partial charge is 0.123 e. The highest BCUT2D eigenvalue weighted by Gasteiger charge is 2.00. The fourth-order valence-corrected chi connectivity index (χ4v) is 1.45. The van der Waals surface area contributed by atoms with Crippen LogP contribution in [-0.4, -0.2) is 10.2 Å². The van der Waals surface area contributed by atoms with Crippen molar-refractivity contribution in [1.82, 2.24) is 10.2 Å². The van der Waals surface area contributed by atoms with E-state index in [0.29, 0.717) is 6.42 Å². The summed E-state index contributed by atoms with van der Waals surface area (Å²) in [6, 6.07) is 8.47. The van der Waals surface area contributed by atoms with Gasteiger partial charge in [-0.15, -0.1) is 0 Å². The standard InChI is InChI=1S/C12H12FN2/c1-2-11-8-12(15-14-11)7-9-3-5-10(13)6-4-9/h3-6,8H,1-2,7H2,(H,14,15). The summed E-state index contributed by atoms with van der Waals surface area (Å²) in [5, 5.41) is 7.02. The molecule has 77 valence electrons. The minimum Gasteiger partial charge on any atom is -0.282 e. The number of hydrogen-bond donors (Lipinski definition) is 1. The number of rotatable bonds is 3. The monoisotopic (exact) mass is 203 g/mol. The highest BCUT2D eigenvalue weighted by molar-refractivity contribution is 5.23. The van der Waals surface area contributed by atoms with E-state index in [-0.39, 0.29) is 5.82 Å². The number of H-pyrrole nitrogens is 1. The maximum atomic E-state index is 12.7. The number of benzene rings is 1. The maximum Gasteiger partial charge on any atom is 0.123 e. The average Bonchev–Trinajstić information content (AvgIpc) is 2.69. The summed E-state index contributed by atoms with van der Waals surface area (Å²) in [6.45, 7) is 3.76. The van der Waals surface area contributed by atoms with Crippen molar-refractivity contribution in [3.63, 3.8) is 0 Å². The molecule has 0 aliphatic heterocycles. The Kier molecular flexibility index (Phi) is 2.81. The molecule has 1 radical (unpaired) electrons. The SMILES string of the molecule is [CH2]Cc1cc(Cc2ccc(F)cc2)[nH]n1. The molecule has 0 saturated carbocycles. The molecule has 0 amide bonds. The molecule has 1 heterocycles. The van der Waals surface area contributed by atoms with E-state index in [4.69, 9.17) is 0 Å². The van der Waals surface area contributed by atoms with Crippen molar-refractivity contribution < 1.29 is 4.39 Å². The van der Waals surface area contributed by atoms with Crippen molar-refractivity contribution >= 4 is 0 Å². The molecule has 2 nitrogen and oxygen atoms in total. The van der Waals surface area contributed by atoms with E-state index < -0.39 is 0 Å². The van der Waals surface area contributed by atoms with Gasteiger partial charge in [-0.1, -0.05) is 12.1 Å². The number of halogens is 1. The number of nitrogens with one attached hydrogen (secondary N) is 1. The van der Waals surface area contributed by atoms with Crippen molar-refractivity contribution in [3.05, 3.63) is 60.0 Å². The van der Waals surface area contributed by atoms with Crippen LogP contribution in [0, 0.1) is 12.7 Å². The molecule has 1 aromatic carbocycles. The summed E-state index contributed by atoms with van der Waals surface area (Å²) in [5.74, 6) is -0.207. The Morgan fingerprint density at radius 2 is 2.00 bits per heavy atom. The van der Waals surface area contributed by atoms with Crippen LogP contribution in [0.25, 0.3) is 0 Å². The maximum absolute atomic E-state index is 12.7. The Hall–Kier alpha value is -1.64. The molecule has 0 unspecified atom stereocenters. The van der Waals surface area contributed by atoms with Crippen LogP contribution in [0.5, 0.6) is 0 Å². The fourth-order valence-electron chi connectivity index (χ4n) is 1.45. The van der Waals surface area contributed by atoms with Crippen LogP contribution >= 0.6 is 0 Å². The zero-order valence-corrected chi connectivity index (χ0v) is 8.33. The summed E-state index contributed by atoms with van der Waals surface area (Å²) in [7, 11) is 0. The Labute approximate surface area is 88.1 Å². The van der Waals surface area contributed by atoms with E-state index in [1.807, 2.05) is 6.07 Å². The molecule has 2 aromatic rings. The average molecular weight is 203 g/mol. The summed E-state index contributed by atoms with van der Waals surface area (Å²) >= 11 is 0. The quantitative estimate of drug-likeness (QED) is 0.815. The van der Waals surface area contributed by atoms with Gasteiger partial charge < -0.3 is 0 Å². The summed E-state index contributed by atoms with van der Waals surface area (Å²) < 4.78 is 12.7. The number of nitrogens with zero attached hydrogens (tertiary/aromatic N) is 1. The second-order valence-corrected chi connectivity index (χ2v) is 3.44. The second-order valence-electron chi connectivity index (χ2n) is 3.44. The van der Waals surface area contributed by atoms with Gasteiger partial charge in [0.2, 0.25) is 0 Å². The third-order valence-electron chi connectivity index (χ3n) is 2.25. The summed E-state index contributed by atoms with van der Waals surface area (Å²) in [6.07, 6.45) is 1.42. The third kappa shape index (κ3) is 2.43. The van der Waals surface area contributed by atoms with E-state index in [2.05, 4.69) is 17.1 Å². The van der Waals surface area contributed by atoms with E-state index in [0.717, 1.165) is 23.4 Å². The van der Waals surface area contributed by atoms with Crippen molar-refractivity contribution in [2.45, 2.75) is 12.8 Å².